The Morgan fingerprint density at radius 3 is 2.58 bits per heavy atom. The van der Waals surface area contributed by atoms with Gasteiger partial charge in [-0.25, -0.2) is 8.42 Å². The Kier molecular flexibility index (Phi) is 6.31. The summed E-state index contributed by atoms with van der Waals surface area (Å²) in [6.07, 6.45) is 1.08. The fourth-order valence-corrected chi connectivity index (χ4v) is 2.71. The predicted octanol–water partition coefficient (Wildman–Crippen LogP) is 2.13. The molecule has 0 fully saturated rings. The monoisotopic (exact) mass is 285 g/mol. The van der Waals surface area contributed by atoms with Gasteiger partial charge in [0.15, 0.2) is 9.84 Å². The maximum atomic E-state index is 11.7. The lowest BCUT2D eigenvalue weighted by Gasteiger charge is -2.11. The van der Waals surface area contributed by atoms with E-state index in [0.29, 0.717) is 5.75 Å². The molecule has 1 aromatic rings. The minimum Gasteiger partial charge on any atom is -0.496 e. The van der Waals surface area contributed by atoms with E-state index in [1.165, 1.54) is 0 Å². The molecule has 0 bridgehead atoms. The second kappa shape index (κ2) is 7.50. The summed E-state index contributed by atoms with van der Waals surface area (Å²) in [5, 5.41) is 3.30. The van der Waals surface area contributed by atoms with E-state index in [2.05, 4.69) is 12.2 Å². The van der Waals surface area contributed by atoms with Gasteiger partial charge in [0.1, 0.15) is 5.75 Å². The number of hydrogen-bond acceptors (Lipinski definition) is 4. The lowest BCUT2D eigenvalue weighted by molar-refractivity contribution is 0.410. The zero-order chi connectivity index (χ0) is 14.3. The Hall–Kier alpha value is -1.07. The third kappa shape index (κ3) is 5.20. The average molecular weight is 285 g/mol. The van der Waals surface area contributed by atoms with E-state index in [0.717, 1.165) is 30.6 Å². The van der Waals surface area contributed by atoms with Crippen LogP contribution in [0.4, 0.5) is 0 Å². The first-order valence-corrected chi connectivity index (χ1v) is 8.41. The third-order valence-corrected chi connectivity index (χ3v) is 4.55. The van der Waals surface area contributed by atoms with E-state index in [1.54, 1.807) is 14.0 Å². The largest absolute Gasteiger partial charge is 0.496 e. The van der Waals surface area contributed by atoms with Gasteiger partial charge in [0.2, 0.25) is 0 Å². The van der Waals surface area contributed by atoms with Gasteiger partial charge in [-0.15, -0.1) is 0 Å². The van der Waals surface area contributed by atoms with Crippen molar-refractivity contribution in [3.8, 4) is 5.75 Å². The Balaban J connectivity index is 2.90. The standard InChI is InChI=1S/C14H23NO3S/c1-4-8-15-10-12-6-7-14(18-3)13(9-12)11-19(16,17)5-2/h6-7,9,15H,4-5,8,10-11H2,1-3H3. The summed E-state index contributed by atoms with van der Waals surface area (Å²) in [4.78, 5) is 0. The van der Waals surface area contributed by atoms with Crippen LogP contribution in [-0.2, 0) is 22.1 Å². The highest BCUT2D eigenvalue weighted by atomic mass is 32.2. The molecule has 0 radical (unpaired) electrons. The quantitative estimate of drug-likeness (QED) is 0.743. The van der Waals surface area contributed by atoms with Crippen LogP contribution in [0.5, 0.6) is 5.75 Å². The Labute approximate surface area is 116 Å². The fourth-order valence-electron chi connectivity index (χ4n) is 1.80. The molecule has 0 spiro atoms. The van der Waals surface area contributed by atoms with Crippen LogP contribution < -0.4 is 10.1 Å². The summed E-state index contributed by atoms with van der Waals surface area (Å²) in [7, 11) is -1.49. The predicted molar refractivity (Wildman–Crippen MR) is 78.2 cm³/mol. The van der Waals surface area contributed by atoms with Crippen LogP contribution >= 0.6 is 0 Å². The Morgan fingerprint density at radius 1 is 1.26 bits per heavy atom. The van der Waals surface area contributed by atoms with E-state index in [1.807, 2.05) is 18.2 Å². The van der Waals surface area contributed by atoms with Crippen molar-refractivity contribution in [1.82, 2.24) is 5.32 Å². The molecule has 0 heterocycles. The van der Waals surface area contributed by atoms with Gasteiger partial charge in [-0.3, -0.25) is 0 Å². The molecule has 0 saturated carbocycles. The SMILES string of the molecule is CCCNCc1ccc(OC)c(CS(=O)(=O)CC)c1. The molecule has 1 aromatic carbocycles. The second-order valence-corrected chi connectivity index (χ2v) is 6.85. The van der Waals surface area contributed by atoms with Crippen LogP contribution in [0.15, 0.2) is 18.2 Å². The molecule has 1 rings (SSSR count). The molecule has 0 aliphatic rings. The average Bonchev–Trinajstić information content (AvgIpc) is 2.39. The van der Waals surface area contributed by atoms with Crippen molar-refractivity contribution in [2.45, 2.75) is 32.6 Å². The number of methoxy groups -OCH3 is 1. The van der Waals surface area contributed by atoms with Crippen molar-refractivity contribution in [1.29, 1.82) is 0 Å². The summed E-state index contributed by atoms with van der Waals surface area (Å²) in [6, 6.07) is 5.71. The van der Waals surface area contributed by atoms with Gasteiger partial charge < -0.3 is 10.1 Å². The highest BCUT2D eigenvalue weighted by molar-refractivity contribution is 7.90. The zero-order valence-corrected chi connectivity index (χ0v) is 12.7. The Morgan fingerprint density at radius 2 is 2.00 bits per heavy atom. The van der Waals surface area contributed by atoms with Gasteiger partial charge in [-0.05, 0) is 30.7 Å². The highest BCUT2D eigenvalue weighted by Crippen LogP contribution is 2.22. The molecule has 4 nitrogen and oxygen atoms in total. The minimum absolute atomic E-state index is 0.0360. The summed E-state index contributed by atoms with van der Waals surface area (Å²) in [6.45, 7) is 5.47. The van der Waals surface area contributed by atoms with Gasteiger partial charge in [0, 0.05) is 17.9 Å². The van der Waals surface area contributed by atoms with Crippen molar-refractivity contribution in [2.24, 2.45) is 0 Å². The third-order valence-electron chi connectivity index (χ3n) is 2.92. The number of rotatable bonds is 8. The summed E-state index contributed by atoms with van der Waals surface area (Å²) >= 11 is 0. The van der Waals surface area contributed by atoms with Crippen LogP contribution in [0, 0.1) is 0 Å². The molecule has 0 atom stereocenters. The first-order valence-electron chi connectivity index (χ1n) is 6.59. The number of nitrogens with one attached hydrogen (secondary N) is 1. The summed E-state index contributed by atoms with van der Waals surface area (Å²) < 4.78 is 28.7. The van der Waals surface area contributed by atoms with Gasteiger partial charge in [-0.2, -0.15) is 0 Å². The van der Waals surface area contributed by atoms with E-state index in [9.17, 15) is 8.42 Å². The second-order valence-electron chi connectivity index (χ2n) is 4.50. The van der Waals surface area contributed by atoms with E-state index in [4.69, 9.17) is 4.74 Å². The molecule has 0 aliphatic carbocycles. The molecule has 0 unspecified atom stereocenters. The molecule has 5 heteroatoms. The molecule has 0 aliphatic heterocycles. The molecule has 0 amide bonds. The normalized spacial score (nSPS) is 11.5. The van der Waals surface area contributed by atoms with Crippen LogP contribution in [0.1, 0.15) is 31.4 Å². The molecule has 0 saturated heterocycles. The molecule has 0 aromatic heterocycles. The number of sulfone groups is 1. The fraction of sp³-hybridized carbons (Fsp3) is 0.571. The van der Waals surface area contributed by atoms with Crippen LogP contribution in [-0.4, -0.2) is 27.8 Å². The lowest BCUT2D eigenvalue weighted by atomic mass is 10.1. The molecule has 108 valence electrons. The van der Waals surface area contributed by atoms with Crippen LogP contribution in [0.3, 0.4) is 0 Å². The maximum Gasteiger partial charge on any atom is 0.154 e. The first-order chi connectivity index (χ1) is 9.02. The van der Waals surface area contributed by atoms with Gasteiger partial charge in [-0.1, -0.05) is 19.9 Å². The zero-order valence-electron chi connectivity index (χ0n) is 11.9. The molecule has 19 heavy (non-hydrogen) atoms. The van der Waals surface area contributed by atoms with E-state index >= 15 is 0 Å². The van der Waals surface area contributed by atoms with E-state index in [-0.39, 0.29) is 11.5 Å². The number of hydrogen-bond donors (Lipinski definition) is 1. The van der Waals surface area contributed by atoms with Crippen LogP contribution in [0.2, 0.25) is 0 Å². The summed E-state index contributed by atoms with van der Waals surface area (Å²) in [5.41, 5.74) is 1.82. The smallest absolute Gasteiger partial charge is 0.154 e. The molecular formula is C14H23NO3S. The van der Waals surface area contributed by atoms with Gasteiger partial charge in [0.25, 0.3) is 0 Å². The topological polar surface area (TPSA) is 55.4 Å². The number of ether oxygens (including phenoxy) is 1. The summed E-state index contributed by atoms with van der Waals surface area (Å²) in [5.74, 6) is 0.819. The first kappa shape index (κ1) is 16.0. The molecular weight excluding hydrogens is 262 g/mol. The van der Waals surface area contributed by atoms with Gasteiger partial charge >= 0.3 is 0 Å². The maximum absolute atomic E-state index is 11.7. The van der Waals surface area contributed by atoms with Crippen molar-refractivity contribution < 1.29 is 13.2 Å². The van der Waals surface area contributed by atoms with E-state index < -0.39 is 9.84 Å². The van der Waals surface area contributed by atoms with Crippen molar-refractivity contribution in [2.75, 3.05) is 19.4 Å². The lowest BCUT2D eigenvalue weighted by Crippen LogP contribution is -2.14. The van der Waals surface area contributed by atoms with Crippen LogP contribution in [0.25, 0.3) is 0 Å². The minimum atomic E-state index is -3.05. The highest BCUT2D eigenvalue weighted by Gasteiger charge is 2.13. The van der Waals surface area contributed by atoms with Gasteiger partial charge in [0.05, 0.1) is 12.9 Å². The van der Waals surface area contributed by atoms with Crippen molar-refractivity contribution in [3.05, 3.63) is 29.3 Å². The van der Waals surface area contributed by atoms with Crippen molar-refractivity contribution in [3.63, 3.8) is 0 Å². The number of benzene rings is 1. The van der Waals surface area contributed by atoms with Crippen molar-refractivity contribution >= 4 is 9.84 Å². The Bertz CT molecular complexity index is 497. The molecule has 1 N–H and O–H groups in total.